The maximum Gasteiger partial charge on any atom is 0.244 e. The molecular formula is C11H14N4O3S. The van der Waals surface area contributed by atoms with Gasteiger partial charge in [0.1, 0.15) is 4.90 Å². The number of aryl methyl sites for hydroxylation is 1. The lowest BCUT2D eigenvalue weighted by Crippen LogP contribution is -2.26. The van der Waals surface area contributed by atoms with Crippen LogP contribution in [0.5, 0.6) is 0 Å². The topological polar surface area (TPSA) is 89.2 Å². The molecule has 8 heteroatoms. The Balaban J connectivity index is 2.17. The molecule has 0 spiro atoms. The molecule has 0 bridgehead atoms. The van der Waals surface area contributed by atoms with Gasteiger partial charge in [-0.1, -0.05) is 6.92 Å². The van der Waals surface area contributed by atoms with Crippen molar-refractivity contribution in [2.45, 2.75) is 24.8 Å². The van der Waals surface area contributed by atoms with Gasteiger partial charge < -0.3 is 4.42 Å². The smallest absolute Gasteiger partial charge is 0.244 e. The molecule has 2 heterocycles. The van der Waals surface area contributed by atoms with E-state index < -0.39 is 10.0 Å². The van der Waals surface area contributed by atoms with Gasteiger partial charge in [0.05, 0.1) is 6.54 Å². The summed E-state index contributed by atoms with van der Waals surface area (Å²) in [4.78, 5) is 3.93. The van der Waals surface area contributed by atoms with E-state index >= 15 is 0 Å². The van der Waals surface area contributed by atoms with E-state index in [1.807, 2.05) is 6.92 Å². The van der Waals surface area contributed by atoms with Crippen molar-refractivity contribution in [3.05, 3.63) is 36.3 Å². The normalized spacial score (nSPS) is 11.9. The number of aromatic nitrogens is 3. The molecular weight excluding hydrogens is 268 g/mol. The van der Waals surface area contributed by atoms with Gasteiger partial charge >= 0.3 is 0 Å². The van der Waals surface area contributed by atoms with Gasteiger partial charge in [0.25, 0.3) is 0 Å². The van der Waals surface area contributed by atoms with E-state index in [0.717, 1.165) is 4.31 Å². The number of rotatable bonds is 5. The highest BCUT2D eigenvalue weighted by atomic mass is 32.2. The molecule has 0 saturated heterocycles. The maximum atomic E-state index is 12.2. The van der Waals surface area contributed by atoms with Gasteiger partial charge in [0, 0.05) is 25.9 Å². The van der Waals surface area contributed by atoms with Gasteiger partial charge in [-0.05, 0) is 12.1 Å². The number of hydrogen-bond acceptors (Lipinski definition) is 6. The van der Waals surface area contributed by atoms with Gasteiger partial charge in [-0.25, -0.2) is 8.42 Å². The lowest BCUT2D eigenvalue weighted by Gasteiger charge is -2.14. The van der Waals surface area contributed by atoms with Crippen LogP contribution in [0.15, 0.2) is 33.8 Å². The van der Waals surface area contributed by atoms with E-state index in [1.54, 1.807) is 6.07 Å². The fourth-order valence-corrected chi connectivity index (χ4v) is 2.54. The van der Waals surface area contributed by atoms with Crippen molar-refractivity contribution < 1.29 is 12.8 Å². The Bertz CT molecular complexity index is 639. The van der Waals surface area contributed by atoms with Crippen molar-refractivity contribution in [2.75, 3.05) is 7.05 Å². The summed E-state index contributed by atoms with van der Waals surface area (Å²) in [6.07, 6.45) is 3.44. The van der Waals surface area contributed by atoms with Gasteiger partial charge in [-0.15, -0.1) is 10.2 Å². The van der Waals surface area contributed by atoms with E-state index in [2.05, 4.69) is 15.2 Å². The summed E-state index contributed by atoms with van der Waals surface area (Å²) in [6, 6.07) is 3.06. The zero-order valence-corrected chi connectivity index (χ0v) is 11.5. The molecule has 0 saturated carbocycles. The van der Waals surface area contributed by atoms with Crippen LogP contribution >= 0.6 is 0 Å². The number of nitrogens with zero attached hydrogens (tertiary/aromatic N) is 4. The zero-order valence-electron chi connectivity index (χ0n) is 10.6. The molecule has 0 radical (unpaired) electrons. The Morgan fingerprint density at radius 2 is 2.05 bits per heavy atom. The molecule has 19 heavy (non-hydrogen) atoms. The summed E-state index contributed by atoms with van der Waals surface area (Å²) in [5, 5.41) is 7.59. The van der Waals surface area contributed by atoms with Crippen LogP contribution in [0.4, 0.5) is 0 Å². The summed E-state index contributed by atoms with van der Waals surface area (Å²) >= 11 is 0. The Kier molecular flexibility index (Phi) is 3.91. The minimum absolute atomic E-state index is 0.0320. The van der Waals surface area contributed by atoms with Crippen LogP contribution in [0, 0.1) is 0 Å². The minimum atomic E-state index is -3.59. The van der Waals surface area contributed by atoms with Crippen LogP contribution in [0.25, 0.3) is 0 Å². The SMILES string of the molecule is CCc1nnc(CN(C)S(=O)(=O)c2cccnc2)o1. The third kappa shape index (κ3) is 2.96. The molecule has 0 amide bonds. The van der Waals surface area contributed by atoms with Crippen molar-refractivity contribution >= 4 is 10.0 Å². The second kappa shape index (κ2) is 5.45. The molecule has 0 fully saturated rings. The quantitative estimate of drug-likeness (QED) is 0.807. The van der Waals surface area contributed by atoms with Crippen molar-refractivity contribution in [1.82, 2.24) is 19.5 Å². The maximum absolute atomic E-state index is 12.2. The third-order valence-corrected chi connectivity index (χ3v) is 4.30. The highest BCUT2D eigenvalue weighted by Crippen LogP contribution is 2.15. The van der Waals surface area contributed by atoms with E-state index in [4.69, 9.17) is 4.42 Å². The summed E-state index contributed by atoms with van der Waals surface area (Å²) in [5.74, 6) is 0.758. The molecule has 0 N–H and O–H groups in total. The summed E-state index contributed by atoms with van der Waals surface area (Å²) in [7, 11) is -2.14. The van der Waals surface area contributed by atoms with Gasteiger partial charge in [0.15, 0.2) is 0 Å². The summed E-state index contributed by atoms with van der Waals surface area (Å²) in [5.41, 5.74) is 0. The van der Waals surface area contributed by atoms with Crippen LogP contribution in [-0.2, 0) is 23.0 Å². The monoisotopic (exact) mass is 282 g/mol. The molecule has 2 aromatic rings. The molecule has 7 nitrogen and oxygen atoms in total. The first-order chi connectivity index (χ1) is 9.04. The van der Waals surface area contributed by atoms with Gasteiger partial charge in [-0.3, -0.25) is 4.98 Å². The molecule has 0 atom stereocenters. The van der Waals surface area contributed by atoms with Gasteiger partial charge in [0.2, 0.25) is 21.8 Å². The second-order valence-electron chi connectivity index (χ2n) is 3.89. The molecule has 2 rings (SSSR count). The average molecular weight is 282 g/mol. The zero-order chi connectivity index (χ0) is 13.9. The number of sulfonamides is 1. The Morgan fingerprint density at radius 3 is 2.63 bits per heavy atom. The molecule has 0 aliphatic rings. The molecule has 0 aromatic carbocycles. The molecule has 0 aliphatic carbocycles. The van der Waals surface area contributed by atoms with E-state index in [0.29, 0.717) is 12.3 Å². The Hall–Kier alpha value is -1.80. The van der Waals surface area contributed by atoms with Crippen LogP contribution in [0.1, 0.15) is 18.7 Å². The lowest BCUT2D eigenvalue weighted by molar-refractivity contribution is 0.381. The second-order valence-corrected chi connectivity index (χ2v) is 5.94. The van der Waals surface area contributed by atoms with Crippen molar-refractivity contribution in [3.8, 4) is 0 Å². The first-order valence-electron chi connectivity index (χ1n) is 5.71. The van der Waals surface area contributed by atoms with Crippen molar-refractivity contribution in [1.29, 1.82) is 0 Å². The van der Waals surface area contributed by atoms with Crippen LogP contribution in [0.3, 0.4) is 0 Å². The lowest BCUT2D eigenvalue weighted by atomic mass is 10.5. The fraction of sp³-hybridized carbons (Fsp3) is 0.364. The van der Waals surface area contributed by atoms with Crippen LogP contribution in [0.2, 0.25) is 0 Å². The minimum Gasteiger partial charge on any atom is -0.424 e. The van der Waals surface area contributed by atoms with E-state index in [1.165, 1.54) is 25.5 Å². The number of pyridine rings is 1. The Labute approximate surface area is 111 Å². The standard InChI is InChI=1S/C11H14N4O3S/c1-3-10-13-14-11(18-10)8-15(2)19(16,17)9-5-4-6-12-7-9/h4-7H,3,8H2,1-2H3. The highest BCUT2D eigenvalue weighted by molar-refractivity contribution is 7.89. The average Bonchev–Trinajstić information content (AvgIpc) is 2.87. The van der Waals surface area contributed by atoms with Crippen LogP contribution in [-0.4, -0.2) is 35.0 Å². The van der Waals surface area contributed by atoms with Gasteiger partial charge in [-0.2, -0.15) is 4.31 Å². The first-order valence-corrected chi connectivity index (χ1v) is 7.15. The van der Waals surface area contributed by atoms with Crippen molar-refractivity contribution in [3.63, 3.8) is 0 Å². The third-order valence-electron chi connectivity index (χ3n) is 2.51. The van der Waals surface area contributed by atoms with E-state index in [-0.39, 0.29) is 17.3 Å². The first kappa shape index (κ1) is 13.6. The fourth-order valence-electron chi connectivity index (χ4n) is 1.45. The molecule has 0 aliphatic heterocycles. The Morgan fingerprint density at radius 1 is 1.32 bits per heavy atom. The number of hydrogen-bond donors (Lipinski definition) is 0. The largest absolute Gasteiger partial charge is 0.424 e. The van der Waals surface area contributed by atoms with E-state index in [9.17, 15) is 8.42 Å². The highest BCUT2D eigenvalue weighted by Gasteiger charge is 2.22. The molecule has 102 valence electrons. The predicted octanol–water partition coefficient (Wildman–Crippen LogP) is 0.848. The summed E-state index contributed by atoms with van der Waals surface area (Å²) < 4.78 is 30.9. The predicted molar refractivity (Wildman–Crippen MR) is 66.6 cm³/mol. The van der Waals surface area contributed by atoms with Crippen LogP contribution < -0.4 is 0 Å². The van der Waals surface area contributed by atoms with Crippen molar-refractivity contribution in [2.24, 2.45) is 0 Å². The molecule has 2 aromatic heterocycles. The summed E-state index contributed by atoms with van der Waals surface area (Å²) in [6.45, 7) is 1.91. The molecule has 0 unspecified atom stereocenters.